The topological polar surface area (TPSA) is 156 Å². The summed E-state index contributed by atoms with van der Waals surface area (Å²) in [7, 11) is 1.88. The summed E-state index contributed by atoms with van der Waals surface area (Å²) in [6, 6.07) is 0. The third kappa shape index (κ3) is 6.36. The first-order valence-corrected chi connectivity index (χ1v) is 8.68. The molecule has 0 saturated carbocycles. The van der Waals surface area contributed by atoms with Gasteiger partial charge in [-0.15, -0.1) is 0 Å². The van der Waals surface area contributed by atoms with Crippen LogP contribution in [0.25, 0.3) is 0 Å². The van der Waals surface area contributed by atoms with E-state index in [1.807, 2.05) is 31.1 Å². The largest absolute Gasteiger partial charge is 0.465 e. The fourth-order valence-corrected chi connectivity index (χ4v) is 2.79. The van der Waals surface area contributed by atoms with Gasteiger partial charge < -0.3 is 4.74 Å². The van der Waals surface area contributed by atoms with Crippen LogP contribution in [0.5, 0.6) is 0 Å². The highest BCUT2D eigenvalue weighted by Gasteiger charge is 2.47. The van der Waals surface area contributed by atoms with E-state index < -0.39 is 29.2 Å². The van der Waals surface area contributed by atoms with Crippen molar-refractivity contribution in [2.75, 3.05) is 20.2 Å². The number of nitrogens with zero attached hydrogens (tertiary/aromatic N) is 1. The molecule has 11 heteroatoms. The molecule has 2 aliphatic heterocycles. The Hall–Kier alpha value is -2.91. The van der Waals surface area contributed by atoms with Crippen LogP contribution in [0.15, 0.2) is 0 Å². The zero-order chi connectivity index (χ0) is 21.9. The molecule has 2 N–H and O–H groups in total. The van der Waals surface area contributed by atoms with Crippen LogP contribution in [0, 0.1) is 5.92 Å². The Balaban J connectivity index is 0.000000458. The zero-order valence-electron chi connectivity index (χ0n) is 16.3. The predicted octanol–water partition coefficient (Wildman–Crippen LogP) is -1.24. The van der Waals surface area contributed by atoms with Crippen LogP contribution in [-0.4, -0.2) is 66.4 Å². The molecule has 11 nitrogen and oxygen atoms in total. The number of amides is 4. The van der Waals surface area contributed by atoms with Crippen molar-refractivity contribution < 1.29 is 38.3 Å². The summed E-state index contributed by atoms with van der Waals surface area (Å²) in [5.74, 6) is -2.84. The number of hydrogen-bond acceptors (Lipinski definition) is 9. The van der Waals surface area contributed by atoms with Crippen LogP contribution in [0.2, 0.25) is 0 Å². The number of likely N-dealkylation sites (N-methyl/N-ethyl adjacent to an activating group) is 1. The van der Waals surface area contributed by atoms with Gasteiger partial charge in [-0.05, 0) is 26.9 Å². The monoisotopic (exact) mass is 399 g/mol. The van der Waals surface area contributed by atoms with Crippen LogP contribution in [-0.2, 0) is 38.3 Å². The van der Waals surface area contributed by atoms with Gasteiger partial charge in [-0.2, -0.15) is 9.59 Å². The first-order chi connectivity index (χ1) is 13.1. The molecule has 2 heterocycles. The van der Waals surface area contributed by atoms with Crippen molar-refractivity contribution >= 4 is 35.7 Å². The minimum atomic E-state index is -0.933. The fraction of sp³-hybridized carbons (Fsp3) is 0.647. The molecule has 0 aromatic rings. The molecule has 2 fully saturated rings. The summed E-state index contributed by atoms with van der Waals surface area (Å²) in [5.41, 5.74) is -0.591. The molecule has 0 spiro atoms. The van der Waals surface area contributed by atoms with Gasteiger partial charge in [0.15, 0.2) is 0 Å². The molecule has 2 unspecified atom stereocenters. The Bertz CT molecular complexity index is 657. The van der Waals surface area contributed by atoms with E-state index in [1.165, 1.54) is 0 Å². The summed E-state index contributed by atoms with van der Waals surface area (Å²) in [6.07, 6.45) is 1.14. The maximum atomic E-state index is 11.6. The smallest absolute Gasteiger partial charge is 0.373 e. The quantitative estimate of drug-likeness (QED) is 0.328. The van der Waals surface area contributed by atoms with Gasteiger partial charge in [0.1, 0.15) is 11.5 Å². The maximum Gasteiger partial charge on any atom is 0.373 e. The number of carbonyl (C=O) groups excluding carboxylic acids is 7. The lowest BCUT2D eigenvalue weighted by Crippen LogP contribution is -2.51. The van der Waals surface area contributed by atoms with E-state index in [0.29, 0.717) is 12.8 Å². The first-order valence-electron chi connectivity index (χ1n) is 8.68. The lowest BCUT2D eigenvalue weighted by Gasteiger charge is -2.33. The summed E-state index contributed by atoms with van der Waals surface area (Å²) >= 11 is 0. The van der Waals surface area contributed by atoms with Crippen molar-refractivity contribution in [1.29, 1.82) is 0 Å². The Morgan fingerprint density at radius 1 is 1.14 bits per heavy atom. The van der Waals surface area contributed by atoms with Gasteiger partial charge in [0, 0.05) is 6.42 Å². The third-order valence-corrected chi connectivity index (χ3v) is 4.46. The Labute approximate surface area is 162 Å². The summed E-state index contributed by atoms with van der Waals surface area (Å²) in [6.45, 7) is 6.55. The highest BCUT2D eigenvalue weighted by atomic mass is 16.5. The van der Waals surface area contributed by atoms with Crippen LogP contribution >= 0.6 is 0 Å². The molecule has 0 aromatic heterocycles. The zero-order valence-corrected chi connectivity index (χ0v) is 16.3. The summed E-state index contributed by atoms with van der Waals surface area (Å²) < 4.78 is 4.59. The molecule has 2 saturated heterocycles. The van der Waals surface area contributed by atoms with E-state index >= 15 is 0 Å². The maximum absolute atomic E-state index is 11.6. The molecule has 0 aromatic carbocycles. The summed E-state index contributed by atoms with van der Waals surface area (Å²) in [5, 5.41) is 4.38. The second-order valence-electron chi connectivity index (χ2n) is 5.96. The predicted molar refractivity (Wildman–Crippen MR) is 92.0 cm³/mol. The highest BCUT2D eigenvalue weighted by molar-refractivity contribution is 6.12. The lowest BCUT2D eigenvalue weighted by molar-refractivity contribution is -0.191. The van der Waals surface area contributed by atoms with Crippen molar-refractivity contribution in [3.05, 3.63) is 0 Å². The van der Waals surface area contributed by atoms with Gasteiger partial charge >= 0.3 is 12.1 Å². The van der Waals surface area contributed by atoms with Crippen molar-refractivity contribution in [1.82, 2.24) is 15.5 Å². The van der Waals surface area contributed by atoms with Crippen LogP contribution in [0.1, 0.15) is 40.0 Å². The average molecular weight is 399 g/mol. The van der Waals surface area contributed by atoms with E-state index in [2.05, 4.69) is 10.1 Å². The van der Waals surface area contributed by atoms with Crippen LogP contribution in [0.4, 0.5) is 0 Å². The number of rotatable bonds is 5. The van der Waals surface area contributed by atoms with Gasteiger partial charge in [0.05, 0.1) is 13.0 Å². The highest BCUT2D eigenvalue weighted by Crippen LogP contribution is 2.27. The number of hydrogen-bond donors (Lipinski definition) is 2. The summed E-state index contributed by atoms with van der Waals surface area (Å²) in [4.78, 5) is 73.3. The number of esters is 1. The van der Waals surface area contributed by atoms with E-state index in [-0.39, 0.29) is 31.0 Å². The molecule has 0 bridgehead atoms. The Kier molecular flexibility index (Phi) is 10.5. The molecular weight excluding hydrogens is 374 g/mol. The van der Waals surface area contributed by atoms with E-state index in [9.17, 15) is 24.0 Å². The number of imide groups is 2. The molecule has 28 heavy (non-hydrogen) atoms. The van der Waals surface area contributed by atoms with Gasteiger partial charge in [0.25, 0.3) is 0 Å². The van der Waals surface area contributed by atoms with Crippen molar-refractivity contribution in [2.45, 2.75) is 45.6 Å². The van der Waals surface area contributed by atoms with E-state index in [1.54, 1.807) is 6.92 Å². The van der Waals surface area contributed by atoms with E-state index in [4.69, 9.17) is 9.59 Å². The molecule has 156 valence electrons. The van der Waals surface area contributed by atoms with Crippen molar-refractivity contribution in [3.63, 3.8) is 0 Å². The fourth-order valence-electron chi connectivity index (χ4n) is 2.79. The molecule has 0 radical (unpaired) electrons. The Morgan fingerprint density at radius 2 is 1.71 bits per heavy atom. The lowest BCUT2D eigenvalue weighted by atomic mass is 9.92. The molecular formula is C17H25N3O8. The van der Waals surface area contributed by atoms with Gasteiger partial charge in [-0.1, -0.05) is 13.8 Å². The molecule has 2 atom stereocenters. The minimum Gasteiger partial charge on any atom is -0.465 e. The normalized spacial score (nSPS) is 23.0. The first kappa shape index (κ1) is 25.1. The number of ether oxygens (including phenoxy) is 1. The third-order valence-electron chi connectivity index (χ3n) is 4.46. The molecule has 0 aliphatic carbocycles. The molecule has 4 amide bonds. The van der Waals surface area contributed by atoms with Crippen molar-refractivity contribution in [2.24, 2.45) is 5.92 Å². The van der Waals surface area contributed by atoms with Crippen molar-refractivity contribution in [3.8, 4) is 0 Å². The molecule has 2 rings (SSSR count). The minimum absolute atomic E-state index is 0.0856. The standard InChI is InChI=1S/C9H16N2O2.C7H9NO4.CO2/c1-4-9(11(3)5-2)6-7(12)10-8(9)13;1-2-12-7(11)4-3-5(9)8-6(4)10;2-1-3/h4-6H2,1-3H3,(H,10,12,13);4H,2-3H2,1H3,(H,8,9,10);. The van der Waals surface area contributed by atoms with Gasteiger partial charge in [0.2, 0.25) is 23.6 Å². The second kappa shape index (κ2) is 11.7. The SMILES string of the molecule is CCN(C)C1(CC)CC(=O)NC1=O.CCOC(=O)C1CC(=O)NC1=O.O=C=O. The number of nitrogens with one attached hydrogen (secondary N) is 2. The average Bonchev–Trinajstić information content (AvgIpc) is 3.13. The van der Waals surface area contributed by atoms with E-state index in [0.717, 1.165) is 6.54 Å². The van der Waals surface area contributed by atoms with Crippen LogP contribution in [0.3, 0.4) is 0 Å². The second-order valence-corrected chi connectivity index (χ2v) is 5.96. The Morgan fingerprint density at radius 3 is 2.04 bits per heavy atom. The van der Waals surface area contributed by atoms with Gasteiger partial charge in [-0.3, -0.25) is 39.5 Å². The number of carbonyl (C=O) groups is 5. The van der Waals surface area contributed by atoms with Crippen LogP contribution < -0.4 is 10.6 Å². The van der Waals surface area contributed by atoms with Gasteiger partial charge in [-0.25, -0.2) is 0 Å². The molecule has 2 aliphatic rings.